The van der Waals surface area contributed by atoms with E-state index in [1.165, 1.54) is 4.88 Å². The zero-order valence-electron chi connectivity index (χ0n) is 8.84. The van der Waals surface area contributed by atoms with Gasteiger partial charge in [-0.05, 0) is 19.1 Å². The van der Waals surface area contributed by atoms with E-state index in [1.807, 2.05) is 30.5 Å². The van der Waals surface area contributed by atoms with E-state index in [2.05, 4.69) is 22.5 Å². The Morgan fingerprint density at radius 1 is 1.19 bits per heavy atom. The van der Waals surface area contributed by atoms with Crippen molar-refractivity contribution in [2.75, 3.05) is 5.73 Å². The van der Waals surface area contributed by atoms with Crippen molar-refractivity contribution in [3.63, 3.8) is 0 Å². The molecule has 0 saturated heterocycles. The third kappa shape index (κ3) is 1.47. The molecule has 80 valence electrons. The number of rotatable bonds is 1. The summed E-state index contributed by atoms with van der Waals surface area (Å²) in [6, 6.07) is 7.78. The number of nitrogen functional groups attached to an aromatic ring is 1. The van der Waals surface area contributed by atoms with Crippen molar-refractivity contribution in [3.05, 3.63) is 41.5 Å². The molecule has 3 rings (SSSR count). The first-order valence-electron chi connectivity index (χ1n) is 5.03. The first-order valence-corrected chi connectivity index (χ1v) is 5.85. The zero-order chi connectivity index (χ0) is 11.1. The van der Waals surface area contributed by atoms with Gasteiger partial charge in [0.2, 0.25) is 0 Å². The van der Waals surface area contributed by atoms with Gasteiger partial charge in [0.15, 0.2) is 4.96 Å². The summed E-state index contributed by atoms with van der Waals surface area (Å²) in [5.41, 5.74) is 8.53. The molecule has 2 aromatic heterocycles. The molecule has 4 heteroatoms. The van der Waals surface area contributed by atoms with Crippen LogP contribution in [0.2, 0.25) is 0 Å². The summed E-state index contributed by atoms with van der Waals surface area (Å²) in [4.78, 5) is 6.88. The Morgan fingerprint density at radius 2 is 1.94 bits per heavy atom. The van der Waals surface area contributed by atoms with Gasteiger partial charge >= 0.3 is 0 Å². The highest BCUT2D eigenvalue weighted by molar-refractivity contribution is 7.17. The van der Waals surface area contributed by atoms with Crippen LogP contribution < -0.4 is 5.73 Å². The Balaban J connectivity index is 2.11. The third-order valence-corrected chi connectivity index (χ3v) is 3.39. The third-order valence-electron chi connectivity index (χ3n) is 2.48. The molecule has 0 amide bonds. The molecule has 0 fully saturated rings. The van der Waals surface area contributed by atoms with Crippen LogP contribution in [0, 0.1) is 6.92 Å². The second-order valence-corrected chi connectivity index (χ2v) is 4.99. The number of imidazole rings is 1. The van der Waals surface area contributed by atoms with Crippen LogP contribution in [-0.4, -0.2) is 9.38 Å². The van der Waals surface area contributed by atoms with Gasteiger partial charge in [0.05, 0.1) is 5.69 Å². The van der Waals surface area contributed by atoms with E-state index in [1.54, 1.807) is 11.3 Å². The minimum atomic E-state index is 0.778. The number of hydrogen-bond acceptors (Lipinski definition) is 3. The number of benzene rings is 1. The lowest BCUT2D eigenvalue weighted by atomic mass is 10.1. The van der Waals surface area contributed by atoms with Crippen molar-refractivity contribution in [2.24, 2.45) is 0 Å². The second kappa shape index (κ2) is 3.35. The van der Waals surface area contributed by atoms with Gasteiger partial charge in [-0.1, -0.05) is 12.1 Å². The van der Waals surface area contributed by atoms with E-state index in [0.29, 0.717) is 0 Å². The number of thiazole rings is 1. The Bertz CT molecular complexity index is 602. The van der Waals surface area contributed by atoms with Gasteiger partial charge in [-0.15, -0.1) is 11.3 Å². The summed E-state index contributed by atoms with van der Waals surface area (Å²) in [5.74, 6) is 0. The molecule has 3 nitrogen and oxygen atoms in total. The summed E-state index contributed by atoms with van der Waals surface area (Å²) >= 11 is 1.70. The fourth-order valence-corrected chi connectivity index (χ4v) is 2.51. The fourth-order valence-electron chi connectivity index (χ4n) is 1.70. The molecule has 0 unspecified atom stereocenters. The van der Waals surface area contributed by atoms with Crippen LogP contribution in [0.4, 0.5) is 5.69 Å². The predicted octanol–water partition coefficient (Wildman–Crippen LogP) is 2.95. The molecule has 0 aliphatic rings. The fraction of sp³-hybridized carbons (Fsp3) is 0.0833. The molecule has 0 aliphatic carbocycles. The highest BCUT2D eigenvalue weighted by Crippen LogP contribution is 2.23. The largest absolute Gasteiger partial charge is 0.399 e. The number of hydrogen-bond donors (Lipinski definition) is 1. The molecule has 0 aliphatic heterocycles. The Labute approximate surface area is 97.2 Å². The molecule has 0 saturated carbocycles. The SMILES string of the molecule is Cc1cn2cc(-c3ccc(N)cc3)nc2s1. The highest BCUT2D eigenvalue weighted by atomic mass is 32.1. The molecule has 2 N–H and O–H groups in total. The van der Waals surface area contributed by atoms with Crippen molar-refractivity contribution in [1.29, 1.82) is 0 Å². The van der Waals surface area contributed by atoms with E-state index in [-0.39, 0.29) is 0 Å². The highest BCUT2D eigenvalue weighted by Gasteiger charge is 2.05. The minimum Gasteiger partial charge on any atom is -0.399 e. The van der Waals surface area contributed by atoms with Gasteiger partial charge in [0.25, 0.3) is 0 Å². The van der Waals surface area contributed by atoms with Crippen LogP contribution in [0.3, 0.4) is 0 Å². The standard InChI is InChI=1S/C12H11N3S/c1-8-6-15-7-11(14-12(15)16-8)9-2-4-10(13)5-3-9/h2-7H,13H2,1H3. The van der Waals surface area contributed by atoms with Crippen LogP contribution in [0.25, 0.3) is 16.2 Å². The number of aryl methyl sites for hydroxylation is 1. The summed E-state index contributed by atoms with van der Waals surface area (Å²) in [5, 5.41) is 0. The molecule has 3 aromatic rings. The maximum absolute atomic E-state index is 5.66. The van der Waals surface area contributed by atoms with Gasteiger partial charge in [-0.25, -0.2) is 4.98 Å². The summed E-state index contributed by atoms with van der Waals surface area (Å²) in [6.07, 6.45) is 4.14. The van der Waals surface area contributed by atoms with Crippen molar-refractivity contribution >= 4 is 22.0 Å². The van der Waals surface area contributed by atoms with E-state index in [0.717, 1.165) is 21.9 Å². The Morgan fingerprint density at radius 3 is 2.62 bits per heavy atom. The van der Waals surface area contributed by atoms with E-state index in [9.17, 15) is 0 Å². The number of nitrogens with zero attached hydrogens (tertiary/aromatic N) is 2. The van der Waals surface area contributed by atoms with Gasteiger partial charge < -0.3 is 5.73 Å². The Hall–Kier alpha value is -1.81. The maximum Gasteiger partial charge on any atom is 0.194 e. The van der Waals surface area contributed by atoms with Crippen LogP contribution >= 0.6 is 11.3 Å². The predicted molar refractivity (Wildman–Crippen MR) is 67.7 cm³/mol. The second-order valence-electron chi connectivity index (χ2n) is 3.78. The normalized spacial score (nSPS) is 11.1. The van der Waals surface area contributed by atoms with Gasteiger partial charge in [0, 0.05) is 28.5 Å². The van der Waals surface area contributed by atoms with Gasteiger partial charge in [-0.2, -0.15) is 0 Å². The maximum atomic E-state index is 5.66. The molecule has 0 bridgehead atoms. The van der Waals surface area contributed by atoms with Crippen molar-refractivity contribution in [3.8, 4) is 11.3 Å². The van der Waals surface area contributed by atoms with Gasteiger partial charge in [0.1, 0.15) is 0 Å². The lowest BCUT2D eigenvalue weighted by molar-refractivity contribution is 1.22. The van der Waals surface area contributed by atoms with Crippen LogP contribution in [0.1, 0.15) is 4.88 Å². The smallest absolute Gasteiger partial charge is 0.194 e. The first-order chi connectivity index (χ1) is 7.72. The van der Waals surface area contributed by atoms with Crippen LogP contribution in [-0.2, 0) is 0 Å². The molecular weight excluding hydrogens is 218 g/mol. The van der Waals surface area contributed by atoms with Crippen molar-refractivity contribution in [2.45, 2.75) is 6.92 Å². The van der Waals surface area contributed by atoms with E-state index >= 15 is 0 Å². The first kappa shape index (κ1) is 9.42. The van der Waals surface area contributed by atoms with Crippen LogP contribution in [0.5, 0.6) is 0 Å². The molecule has 16 heavy (non-hydrogen) atoms. The van der Waals surface area contributed by atoms with Gasteiger partial charge in [-0.3, -0.25) is 4.40 Å². The Kier molecular flexibility index (Phi) is 1.97. The average molecular weight is 229 g/mol. The number of aromatic nitrogens is 2. The van der Waals surface area contributed by atoms with E-state index in [4.69, 9.17) is 5.73 Å². The number of fused-ring (bicyclic) bond motifs is 1. The van der Waals surface area contributed by atoms with Crippen molar-refractivity contribution < 1.29 is 0 Å². The molecule has 0 atom stereocenters. The molecular formula is C12H11N3S. The number of nitrogens with two attached hydrogens (primary N) is 1. The average Bonchev–Trinajstić information content (AvgIpc) is 2.75. The van der Waals surface area contributed by atoms with E-state index < -0.39 is 0 Å². The molecule has 0 radical (unpaired) electrons. The number of anilines is 1. The summed E-state index contributed by atoms with van der Waals surface area (Å²) in [6.45, 7) is 2.09. The quantitative estimate of drug-likeness (QED) is 0.652. The molecule has 2 heterocycles. The minimum absolute atomic E-state index is 0.778. The topological polar surface area (TPSA) is 43.3 Å². The lowest BCUT2D eigenvalue weighted by Crippen LogP contribution is -1.83. The molecule has 1 aromatic carbocycles. The monoisotopic (exact) mass is 229 g/mol. The summed E-state index contributed by atoms with van der Waals surface area (Å²) in [7, 11) is 0. The van der Waals surface area contributed by atoms with Crippen molar-refractivity contribution in [1.82, 2.24) is 9.38 Å². The summed E-state index contributed by atoms with van der Waals surface area (Å²) < 4.78 is 2.06. The molecule has 0 spiro atoms. The lowest BCUT2D eigenvalue weighted by Gasteiger charge is -1.96. The van der Waals surface area contributed by atoms with Crippen LogP contribution in [0.15, 0.2) is 36.7 Å². The zero-order valence-corrected chi connectivity index (χ0v) is 9.66.